The smallest absolute Gasteiger partial charge is 0.321 e. The van der Waals surface area contributed by atoms with Crippen LogP contribution in [0.1, 0.15) is 56.2 Å². The Labute approximate surface area is 184 Å². The molecule has 0 fully saturated rings. The lowest BCUT2D eigenvalue weighted by Crippen LogP contribution is -2.40. The molecule has 168 valence electrons. The molecule has 2 aromatic rings. The Bertz CT molecular complexity index is 964. The fourth-order valence-electron chi connectivity index (χ4n) is 3.78. The highest BCUT2D eigenvalue weighted by Gasteiger charge is 2.24. The molecule has 3 N–H and O–H groups in total. The number of fused-ring (bicyclic) bond motifs is 1. The van der Waals surface area contributed by atoms with Gasteiger partial charge < -0.3 is 10.4 Å². The van der Waals surface area contributed by atoms with Crippen molar-refractivity contribution in [2.45, 2.75) is 68.7 Å². The molecule has 0 spiro atoms. The van der Waals surface area contributed by atoms with E-state index in [0.29, 0.717) is 6.42 Å². The van der Waals surface area contributed by atoms with Crippen molar-refractivity contribution in [3.63, 3.8) is 0 Å². The van der Waals surface area contributed by atoms with Crippen LogP contribution in [0.2, 0.25) is 0 Å². The van der Waals surface area contributed by atoms with Crippen molar-refractivity contribution < 1.29 is 18.3 Å². The second-order valence-electron chi connectivity index (χ2n) is 7.97. The molecule has 0 amide bonds. The first-order valence-electron chi connectivity index (χ1n) is 11.0. The Morgan fingerprint density at radius 1 is 1.06 bits per heavy atom. The molecule has 1 aliphatic heterocycles. The van der Waals surface area contributed by atoms with Gasteiger partial charge in [0.25, 0.3) is 0 Å². The van der Waals surface area contributed by atoms with Gasteiger partial charge in [0.15, 0.2) is 0 Å². The fraction of sp³-hybridized carbons (Fsp3) is 0.478. The number of anilines is 1. The first-order chi connectivity index (χ1) is 15.0. The van der Waals surface area contributed by atoms with Gasteiger partial charge in [-0.2, -0.15) is 4.72 Å². The summed E-state index contributed by atoms with van der Waals surface area (Å²) in [5.74, 6) is -0.118. The summed E-state index contributed by atoms with van der Waals surface area (Å²) in [5, 5.41) is 12.8. The van der Waals surface area contributed by atoms with Crippen LogP contribution >= 0.6 is 0 Å². The molecular weight excluding hydrogens is 414 g/mol. The van der Waals surface area contributed by atoms with Crippen LogP contribution in [0.15, 0.2) is 47.4 Å². The quantitative estimate of drug-likeness (QED) is 0.429. The van der Waals surface area contributed by atoms with E-state index >= 15 is 0 Å². The molecule has 0 aliphatic carbocycles. The number of hydrogen-bond acceptors (Lipinski definition) is 5. The minimum atomic E-state index is -3.84. The van der Waals surface area contributed by atoms with Crippen molar-refractivity contribution in [2.24, 2.45) is 0 Å². The predicted octanol–water partition coefficient (Wildman–Crippen LogP) is 3.75. The monoisotopic (exact) mass is 445 g/mol. The third-order valence-corrected chi connectivity index (χ3v) is 7.01. The summed E-state index contributed by atoms with van der Waals surface area (Å²) in [7, 11) is -3.84. The van der Waals surface area contributed by atoms with E-state index in [1.807, 2.05) is 0 Å². The zero-order valence-corrected chi connectivity index (χ0v) is 18.5. The van der Waals surface area contributed by atoms with Gasteiger partial charge in [0, 0.05) is 12.2 Å². The highest BCUT2D eigenvalue weighted by molar-refractivity contribution is 7.89. The summed E-state index contributed by atoms with van der Waals surface area (Å²) in [6, 6.07) is 11.0. The second kappa shape index (κ2) is 11.2. The number of nitrogens with one attached hydrogen (secondary N) is 2. The van der Waals surface area contributed by atoms with Gasteiger partial charge in [-0.3, -0.25) is 4.79 Å². The zero-order chi connectivity index (χ0) is 22.1. The minimum absolute atomic E-state index is 0.0761. The van der Waals surface area contributed by atoms with Gasteiger partial charge in [0.1, 0.15) is 11.9 Å². The standard InChI is InChI=1S/C23H31N3O4S/c27-23(28)21(26-31(29,30)20-12-6-4-7-13-20)14-8-3-1-2-5-11-19-16-15-18-10-9-17-24-22(18)25-19/h4,6-7,12-13,15-16,21,26H,1-3,5,8-11,14,17H2,(H,24,25)(H,27,28)/t21-/m1/s1. The Kier molecular flexibility index (Phi) is 8.43. The molecule has 0 radical (unpaired) electrons. The van der Waals surface area contributed by atoms with Gasteiger partial charge in [0.2, 0.25) is 10.0 Å². The van der Waals surface area contributed by atoms with Crippen LogP contribution in [0.5, 0.6) is 0 Å². The molecule has 0 unspecified atom stereocenters. The maximum absolute atomic E-state index is 12.4. The van der Waals surface area contributed by atoms with Crippen LogP contribution in [-0.2, 0) is 27.7 Å². The number of unbranched alkanes of at least 4 members (excludes halogenated alkanes) is 4. The minimum Gasteiger partial charge on any atom is -0.480 e. The van der Waals surface area contributed by atoms with E-state index in [9.17, 15) is 18.3 Å². The van der Waals surface area contributed by atoms with Crippen molar-refractivity contribution >= 4 is 21.8 Å². The number of hydrogen-bond donors (Lipinski definition) is 3. The van der Waals surface area contributed by atoms with E-state index in [1.54, 1.807) is 18.2 Å². The Morgan fingerprint density at radius 2 is 1.81 bits per heavy atom. The molecule has 2 heterocycles. The summed E-state index contributed by atoms with van der Waals surface area (Å²) in [6.45, 7) is 0.988. The number of carbonyl (C=O) groups is 1. The maximum Gasteiger partial charge on any atom is 0.321 e. The summed E-state index contributed by atoms with van der Waals surface area (Å²) in [5.41, 5.74) is 2.40. The highest BCUT2D eigenvalue weighted by atomic mass is 32.2. The van der Waals surface area contributed by atoms with E-state index in [1.165, 1.54) is 17.7 Å². The van der Waals surface area contributed by atoms with Crippen molar-refractivity contribution in [1.82, 2.24) is 9.71 Å². The van der Waals surface area contributed by atoms with Crippen LogP contribution in [0.3, 0.4) is 0 Å². The molecule has 0 bridgehead atoms. The Balaban J connectivity index is 1.35. The van der Waals surface area contributed by atoms with Crippen molar-refractivity contribution in [1.29, 1.82) is 0 Å². The molecule has 0 saturated carbocycles. The van der Waals surface area contributed by atoms with Gasteiger partial charge in [-0.25, -0.2) is 13.4 Å². The third-order valence-electron chi connectivity index (χ3n) is 5.53. The van der Waals surface area contributed by atoms with Crippen LogP contribution in [0.4, 0.5) is 5.82 Å². The Morgan fingerprint density at radius 3 is 2.58 bits per heavy atom. The normalized spacial score (nSPS) is 14.5. The van der Waals surface area contributed by atoms with Crippen molar-refractivity contribution in [3.05, 3.63) is 53.7 Å². The number of pyridine rings is 1. The van der Waals surface area contributed by atoms with E-state index in [2.05, 4.69) is 22.2 Å². The average molecular weight is 446 g/mol. The van der Waals surface area contributed by atoms with Gasteiger partial charge in [-0.15, -0.1) is 0 Å². The average Bonchev–Trinajstić information content (AvgIpc) is 2.78. The molecule has 1 aliphatic rings. The molecule has 7 nitrogen and oxygen atoms in total. The number of carboxylic acid groups (broad SMARTS) is 1. The lowest BCUT2D eigenvalue weighted by atomic mass is 10.0. The van der Waals surface area contributed by atoms with Crippen LogP contribution < -0.4 is 10.0 Å². The molecule has 3 rings (SSSR count). The number of aryl methyl sites for hydroxylation is 2. The molecule has 31 heavy (non-hydrogen) atoms. The molecular formula is C23H31N3O4S. The molecule has 8 heteroatoms. The summed E-state index contributed by atoms with van der Waals surface area (Å²) in [6.07, 6.45) is 8.06. The van der Waals surface area contributed by atoms with Crippen molar-refractivity contribution in [3.8, 4) is 0 Å². The van der Waals surface area contributed by atoms with Gasteiger partial charge in [-0.05, 0) is 55.9 Å². The molecule has 1 atom stereocenters. The lowest BCUT2D eigenvalue weighted by molar-refractivity contribution is -0.139. The number of sulfonamides is 1. The number of aliphatic carboxylic acids is 1. The number of rotatable bonds is 12. The second-order valence-corrected chi connectivity index (χ2v) is 9.69. The fourth-order valence-corrected chi connectivity index (χ4v) is 5.03. The van der Waals surface area contributed by atoms with E-state index < -0.39 is 22.0 Å². The van der Waals surface area contributed by atoms with E-state index in [-0.39, 0.29) is 11.3 Å². The third kappa shape index (κ3) is 7.04. The van der Waals surface area contributed by atoms with E-state index in [4.69, 9.17) is 4.98 Å². The number of carboxylic acids is 1. The van der Waals surface area contributed by atoms with Crippen molar-refractivity contribution in [2.75, 3.05) is 11.9 Å². The largest absolute Gasteiger partial charge is 0.480 e. The molecule has 0 saturated heterocycles. The number of nitrogens with zero attached hydrogens (tertiary/aromatic N) is 1. The van der Waals surface area contributed by atoms with Crippen LogP contribution in [-0.4, -0.2) is 37.1 Å². The topological polar surface area (TPSA) is 108 Å². The number of aromatic nitrogens is 1. The first kappa shape index (κ1) is 23.2. The lowest BCUT2D eigenvalue weighted by Gasteiger charge is -2.17. The Hall–Kier alpha value is -2.45. The summed E-state index contributed by atoms with van der Waals surface area (Å²) < 4.78 is 27.0. The summed E-state index contributed by atoms with van der Waals surface area (Å²) >= 11 is 0. The van der Waals surface area contributed by atoms with Gasteiger partial charge in [0.05, 0.1) is 4.90 Å². The highest BCUT2D eigenvalue weighted by Crippen LogP contribution is 2.20. The zero-order valence-electron chi connectivity index (χ0n) is 17.7. The number of benzene rings is 1. The van der Waals surface area contributed by atoms with Crippen LogP contribution in [0.25, 0.3) is 0 Å². The SMILES string of the molecule is O=C(O)[C@@H](CCCCCCCc1ccc2c(n1)NCCC2)NS(=O)(=O)c1ccccc1. The first-order valence-corrected chi connectivity index (χ1v) is 12.5. The molecule has 1 aromatic carbocycles. The van der Waals surface area contributed by atoms with E-state index in [0.717, 1.165) is 63.0 Å². The summed E-state index contributed by atoms with van der Waals surface area (Å²) in [4.78, 5) is 16.3. The van der Waals surface area contributed by atoms with Crippen LogP contribution in [0, 0.1) is 0 Å². The van der Waals surface area contributed by atoms with Gasteiger partial charge in [-0.1, -0.05) is 49.9 Å². The maximum atomic E-state index is 12.4. The predicted molar refractivity (Wildman–Crippen MR) is 121 cm³/mol. The molecule has 1 aromatic heterocycles. The van der Waals surface area contributed by atoms with Gasteiger partial charge >= 0.3 is 5.97 Å².